The molecule has 2 unspecified atom stereocenters. The van der Waals surface area contributed by atoms with E-state index in [0.717, 1.165) is 37.6 Å². The van der Waals surface area contributed by atoms with Crippen LogP contribution in [0, 0.1) is 5.92 Å². The van der Waals surface area contributed by atoms with Crippen LogP contribution in [-0.4, -0.2) is 63.1 Å². The summed E-state index contributed by atoms with van der Waals surface area (Å²) in [7, 11) is 3.71. The fourth-order valence-electron chi connectivity index (χ4n) is 2.42. The lowest BCUT2D eigenvalue weighted by Crippen LogP contribution is -2.30. The van der Waals surface area contributed by atoms with E-state index in [1.165, 1.54) is 0 Å². The fourth-order valence-corrected chi connectivity index (χ4v) is 2.42. The van der Waals surface area contributed by atoms with Gasteiger partial charge in [0.05, 0.1) is 12.7 Å². The van der Waals surface area contributed by atoms with Crippen LogP contribution in [0.2, 0.25) is 0 Å². The number of aromatic nitrogens is 1. The zero-order valence-electron chi connectivity index (χ0n) is 12.9. The number of β-amino-alcohol motifs (C(OH)–C–C–N with tert-alkyl or cyclic N) is 1. The Morgan fingerprint density at radius 2 is 2.33 bits per heavy atom. The van der Waals surface area contributed by atoms with Crippen LogP contribution in [0.15, 0.2) is 18.3 Å². The summed E-state index contributed by atoms with van der Waals surface area (Å²) in [5, 5.41) is 16.3. The molecule has 6 nitrogen and oxygen atoms in total. The van der Waals surface area contributed by atoms with Gasteiger partial charge in [0.15, 0.2) is 0 Å². The van der Waals surface area contributed by atoms with Crippen LogP contribution in [0.1, 0.15) is 5.56 Å². The number of aliphatic hydroxyl groups is 1. The lowest BCUT2D eigenvalue weighted by atomic mass is 10.1. The zero-order valence-corrected chi connectivity index (χ0v) is 12.9. The second kappa shape index (κ2) is 8.29. The number of nitrogens with zero attached hydrogens (tertiary/aromatic N) is 2. The lowest BCUT2D eigenvalue weighted by molar-refractivity contribution is 0.146. The van der Waals surface area contributed by atoms with Crippen molar-refractivity contribution in [3.8, 4) is 0 Å². The number of anilines is 1. The van der Waals surface area contributed by atoms with Crippen LogP contribution in [0.5, 0.6) is 0 Å². The first-order valence-corrected chi connectivity index (χ1v) is 7.45. The molecule has 1 fully saturated rings. The van der Waals surface area contributed by atoms with Gasteiger partial charge >= 0.3 is 0 Å². The van der Waals surface area contributed by atoms with Crippen molar-refractivity contribution in [1.82, 2.24) is 15.6 Å². The van der Waals surface area contributed by atoms with E-state index in [-0.39, 0.29) is 6.10 Å². The average molecular weight is 294 g/mol. The highest BCUT2D eigenvalue weighted by Crippen LogP contribution is 2.10. The number of ether oxygens (including phenoxy) is 1. The van der Waals surface area contributed by atoms with Crippen LogP contribution in [0.3, 0.4) is 0 Å². The molecule has 6 heteroatoms. The maximum absolute atomic E-state index is 9.72. The molecule has 2 rings (SSSR count). The summed E-state index contributed by atoms with van der Waals surface area (Å²) in [6, 6.07) is 4.11. The minimum Gasteiger partial charge on any atom is -0.391 e. The smallest absolute Gasteiger partial charge is 0.128 e. The molecule has 0 radical (unpaired) electrons. The minimum absolute atomic E-state index is 0.229. The molecule has 0 bridgehead atoms. The SMILES string of the molecule is COCCN(C)c1ccc(CNCC2CNCC2O)cn1. The van der Waals surface area contributed by atoms with E-state index in [4.69, 9.17) is 4.74 Å². The summed E-state index contributed by atoms with van der Waals surface area (Å²) in [6.45, 7) is 4.71. The Morgan fingerprint density at radius 1 is 1.48 bits per heavy atom. The van der Waals surface area contributed by atoms with E-state index in [1.54, 1.807) is 7.11 Å². The number of hydrogen-bond acceptors (Lipinski definition) is 6. The van der Waals surface area contributed by atoms with Gasteiger partial charge in [-0.2, -0.15) is 0 Å². The molecule has 118 valence electrons. The third kappa shape index (κ3) is 4.93. The Morgan fingerprint density at radius 3 is 2.95 bits per heavy atom. The summed E-state index contributed by atoms with van der Waals surface area (Å²) < 4.78 is 5.06. The molecule has 21 heavy (non-hydrogen) atoms. The summed E-state index contributed by atoms with van der Waals surface area (Å²) in [5.74, 6) is 1.25. The van der Waals surface area contributed by atoms with Crippen molar-refractivity contribution in [3.63, 3.8) is 0 Å². The normalized spacial score (nSPS) is 21.7. The number of methoxy groups -OCH3 is 1. The van der Waals surface area contributed by atoms with E-state index in [1.807, 2.05) is 19.3 Å². The second-order valence-electron chi connectivity index (χ2n) is 5.56. The Balaban J connectivity index is 1.74. The third-order valence-corrected chi connectivity index (χ3v) is 3.87. The molecule has 3 N–H and O–H groups in total. The number of hydrogen-bond donors (Lipinski definition) is 3. The molecule has 1 aliphatic rings. The van der Waals surface area contributed by atoms with Gasteiger partial charge in [0.2, 0.25) is 0 Å². The van der Waals surface area contributed by atoms with Crippen molar-refractivity contribution < 1.29 is 9.84 Å². The molecular weight excluding hydrogens is 268 g/mol. The molecule has 0 aromatic carbocycles. The molecule has 2 atom stereocenters. The second-order valence-corrected chi connectivity index (χ2v) is 5.56. The number of pyridine rings is 1. The first kappa shape index (κ1) is 16.2. The molecule has 2 heterocycles. The summed E-state index contributed by atoms with van der Waals surface area (Å²) in [4.78, 5) is 6.54. The van der Waals surface area contributed by atoms with Crippen LogP contribution in [0.25, 0.3) is 0 Å². The van der Waals surface area contributed by atoms with Crippen molar-refractivity contribution in [2.45, 2.75) is 12.6 Å². The van der Waals surface area contributed by atoms with Gasteiger partial charge in [-0.05, 0) is 11.6 Å². The molecule has 0 spiro atoms. The van der Waals surface area contributed by atoms with Gasteiger partial charge in [0, 0.05) is 59.0 Å². The van der Waals surface area contributed by atoms with Gasteiger partial charge in [0.1, 0.15) is 5.82 Å². The quantitative estimate of drug-likeness (QED) is 0.619. The Bertz CT molecular complexity index is 413. The predicted octanol–water partition coefficient (Wildman–Crippen LogP) is -0.166. The molecule has 1 aliphatic heterocycles. The number of likely N-dealkylation sites (N-methyl/N-ethyl adjacent to an activating group) is 1. The first-order chi connectivity index (χ1) is 10.2. The Kier molecular flexibility index (Phi) is 6.38. The largest absolute Gasteiger partial charge is 0.391 e. The van der Waals surface area contributed by atoms with Gasteiger partial charge in [-0.25, -0.2) is 4.98 Å². The van der Waals surface area contributed by atoms with E-state index >= 15 is 0 Å². The van der Waals surface area contributed by atoms with Gasteiger partial charge in [-0.3, -0.25) is 0 Å². The molecule has 0 saturated carbocycles. The number of rotatable bonds is 8. The van der Waals surface area contributed by atoms with Crippen molar-refractivity contribution in [2.75, 3.05) is 51.8 Å². The maximum atomic E-state index is 9.72. The van der Waals surface area contributed by atoms with E-state index in [9.17, 15) is 5.11 Å². The Labute approximate surface area is 126 Å². The molecular formula is C15H26N4O2. The first-order valence-electron chi connectivity index (χ1n) is 7.45. The van der Waals surface area contributed by atoms with Gasteiger partial charge in [0.25, 0.3) is 0 Å². The molecule has 1 aromatic heterocycles. The zero-order chi connectivity index (χ0) is 15.1. The molecule has 1 saturated heterocycles. The number of nitrogens with one attached hydrogen (secondary N) is 2. The van der Waals surface area contributed by atoms with Crippen LogP contribution in [-0.2, 0) is 11.3 Å². The fraction of sp³-hybridized carbons (Fsp3) is 0.667. The summed E-state index contributed by atoms with van der Waals surface area (Å²) in [6.07, 6.45) is 1.67. The molecule has 0 aliphatic carbocycles. The van der Waals surface area contributed by atoms with Gasteiger partial charge < -0.3 is 25.4 Å². The van der Waals surface area contributed by atoms with Crippen molar-refractivity contribution in [3.05, 3.63) is 23.9 Å². The molecule has 0 amide bonds. The van der Waals surface area contributed by atoms with Crippen LogP contribution < -0.4 is 15.5 Å². The topological polar surface area (TPSA) is 69.7 Å². The van der Waals surface area contributed by atoms with Gasteiger partial charge in [-0.15, -0.1) is 0 Å². The average Bonchev–Trinajstić information content (AvgIpc) is 2.91. The third-order valence-electron chi connectivity index (χ3n) is 3.87. The van der Waals surface area contributed by atoms with Crippen LogP contribution in [0.4, 0.5) is 5.82 Å². The summed E-state index contributed by atoms with van der Waals surface area (Å²) >= 11 is 0. The van der Waals surface area contributed by atoms with Crippen molar-refractivity contribution in [2.24, 2.45) is 5.92 Å². The highest BCUT2D eigenvalue weighted by molar-refractivity contribution is 5.38. The monoisotopic (exact) mass is 294 g/mol. The van der Waals surface area contributed by atoms with E-state index < -0.39 is 0 Å². The van der Waals surface area contributed by atoms with E-state index in [2.05, 4.69) is 26.6 Å². The Hall–Kier alpha value is -1.21. The van der Waals surface area contributed by atoms with Crippen molar-refractivity contribution in [1.29, 1.82) is 0 Å². The lowest BCUT2D eigenvalue weighted by Gasteiger charge is -2.18. The number of aliphatic hydroxyl groups excluding tert-OH is 1. The van der Waals surface area contributed by atoms with Crippen LogP contribution >= 0.6 is 0 Å². The maximum Gasteiger partial charge on any atom is 0.128 e. The highest BCUT2D eigenvalue weighted by Gasteiger charge is 2.23. The minimum atomic E-state index is -0.229. The summed E-state index contributed by atoms with van der Waals surface area (Å²) in [5.41, 5.74) is 1.15. The standard InChI is InChI=1S/C15H26N4O2/c1-19(5-6-21-2)15-4-3-12(8-18-15)7-16-9-13-10-17-11-14(13)20/h3-4,8,13-14,16-17,20H,5-7,9-11H2,1-2H3. The van der Waals surface area contributed by atoms with E-state index in [0.29, 0.717) is 19.1 Å². The highest BCUT2D eigenvalue weighted by atomic mass is 16.5. The van der Waals surface area contributed by atoms with Crippen molar-refractivity contribution >= 4 is 5.82 Å². The predicted molar refractivity (Wildman–Crippen MR) is 83.5 cm³/mol. The van der Waals surface area contributed by atoms with Gasteiger partial charge in [-0.1, -0.05) is 6.07 Å². The molecule has 1 aromatic rings.